The van der Waals surface area contributed by atoms with Crippen molar-refractivity contribution in [2.24, 2.45) is 0 Å². The summed E-state index contributed by atoms with van der Waals surface area (Å²) in [6.07, 6.45) is 1.36. The third-order valence-corrected chi connectivity index (χ3v) is 6.11. The molecule has 0 bridgehead atoms. The van der Waals surface area contributed by atoms with E-state index in [4.69, 9.17) is 4.74 Å². The van der Waals surface area contributed by atoms with Gasteiger partial charge in [-0.3, -0.25) is 0 Å². The lowest BCUT2D eigenvalue weighted by Gasteiger charge is -2.31. The summed E-state index contributed by atoms with van der Waals surface area (Å²) in [7, 11) is -3.50. The molecule has 0 spiro atoms. The van der Waals surface area contributed by atoms with Crippen LogP contribution in [0.4, 0.5) is 0 Å². The maximum Gasteiger partial charge on any atom is 0.243 e. The Morgan fingerprint density at radius 2 is 1.84 bits per heavy atom. The summed E-state index contributed by atoms with van der Waals surface area (Å²) in [5.74, 6) is 1.15. The van der Waals surface area contributed by atoms with Crippen molar-refractivity contribution >= 4 is 10.0 Å². The van der Waals surface area contributed by atoms with Crippen LogP contribution in [0.5, 0.6) is 5.88 Å². The van der Waals surface area contributed by atoms with Crippen LogP contribution in [0.3, 0.4) is 0 Å². The van der Waals surface area contributed by atoms with E-state index in [0.717, 1.165) is 24.1 Å². The van der Waals surface area contributed by atoms with Crippen molar-refractivity contribution in [1.82, 2.24) is 14.3 Å². The summed E-state index contributed by atoms with van der Waals surface area (Å²) in [5.41, 5.74) is 1.87. The highest BCUT2D eigenvalue weighted by Gasteiger charge is 2.31. The molecule has 0 aliphatic carbocycles. The number of aryl methyl sites for hydroxylation is 3. The topological polar surface area (TPSA) is 72.4 Å². The predicted octanol–water partition coefficient (Wildman–Crippen LogP) is 2.63. The van der Waals surface area contributed by atoms with E-state index in [9.17, 15) is 8.42 Å². The zero-order valence-corrected chi connectivity index (χ0v) is 15.6. The van der Waals surface area contributed by atoms with Crippen LogP contribution in [-0.2, 0) is 10.0 Å². The number of nitrogens with zero attached hydrogens (tertiary/aromatic N) is 3. The van der Waals surface area contributed by atoms with Crippen LogP contribution in [0.25, 0.3) is 0 Å². The summed E-state index contributed by atoms with van der Waals surface area (Å²) >= 11 is 0. The predicted molar refractivity (Wildman–Crippen MR) is 95.1 cm³/mol. The quantitative estimate of drug-likeness (QED) is 0.837. The molecule has 1 saturated heterocycles. The Balaban J connectivity index is 1.75. The molecule has 2 aromatic rings. The van der Waals surface area contributed by atoms with Gasteiger partial charge in [0.05, 0.1) is 11.4 Å². The number of ether oxygens (including phenoxy) is 1. The van der Waals surface area contributed by atoms with E-state index in [1.165, 1.54) is 4.31 Å². The molecule has 6 nitrogen and oxygen atoms in total. The Morgan fingerprint density at radius 1 is 1.12 bits per heavy atom. The fraction of sp³-hybridized carbons (Fsp3) is 0.444. The fourth-order valence-corrected chi connectivity index (χ4v) is 4.50. The number of sulfonamides is 1. The van der Waals surface area contributed by atoms with Crippen molar-refractivity contribution in [2.75, 3.05) is 13.1 Å². The van der Waals surface area contributed by atoms with Crippen molar-refractivity contribution in [3.8, 4) is 5.88 Å². The number of hydrogen-bond acceptors (Lipinski definition) is 5. The minimum Gasteiger partial charge on any atom is -0.473 e. The highest BCUT2D eigenvalue weighted by atomic mass is 32.2. The maximum atomic E-state index is 12.8. The zero-order valence-electron chi connectivity index (χ0n) is 14.8. The molecule has 1 aromatic carbocycles. The Kier molecular flexibility index (Phi) is 5.06. The Labute approximate surface area is 148 Å². The monoisotopic (exact) mass is 361 g/mol. The molecule has 1 aliphatic heterocycles. The van der Waals surface area contributed by atoms with Gasteiger partial charge in [0.15, 0.2) is 0 Å². The molecular formula is C18H23N3O3S. The molecule has 2 heterocycles. The second-order valence-corrected chi connectivity index (χ2v) is 8.39. The van der Waals surface area contributed by atoms with Gasteiger partial charge in [0, 0.05) is 18.3 Å². The molecule has 1 fully saturated rings. The summed E-state index contributed by atoms with van der Waals surface area (Å²) in [6, 6.07) is 8.73. The second kappa shape index (κ2) is 7.09. The first kappa shape index (κ1) is 17.8. The first-order valence-corrected chi connectivity index (χ1v) is 9.84. The molecule has 3 rings (SSSR count). The Hall–Kier alpha value is -1.99. The van der Waals surface area contributed by atoms with Crippen molar-refractivity contribution < 1.29 is 13.2 Å². The molecule has 1 atom stereocenters. The number of hydrogen-bond donors (Lipinski definition) is 0. The van der Waals surface area contributed by atoms with Crippen LogP contribution in [0.15, 0.2) is 35.2 Å². The maximum absolute atomic E-state index is 12.8. The van der Waals surface area contributed by atoms with E-state index in [1.807, 2.05) is 32.9 Å². The SMILES string of the molecule is Cc1ccc(S(=O)(=O)N2CCCC(Oc3cc(C)nc(C)n3)C2)cc1. The molecule has 0 radical (unpaired) electrons. The highest BCUT2D eigenvalue weighted by Crippen LogP contribution is 2.23. The van der Waals surface area contributed by atoms with E-state index in [-0.39, 0.29) is 6.10 Å². The molecule has 1 unspecified atom stereocenters. The molecule has 1 aromatic heterocycles. The first-order chi connectivity index (χ1) is 11.8. The molecule has 0 N–H and O–H groups in total. The van der Waals surface area contributed by atoms with Gasteiger partial charge in [0.25, 0.3) is 0 Å². The Morgan fingerprint density at radius 3 is 2.52 bits per heavy atom. The van der Waals surface area contributed by atoms with E-state index in [2.05, 4.69) is 9.97 Å². The lowest BCUT2D eigenvalue weighted by molar-refractivity contribution is 0.124. The molecule has 25 heavy (non-hydrogen) atoms. The van der Waals surface area contributed by atoms with Gasteiger partial charge in [-0.25, -0.2) is 13.4 Å². The van der Waals surface area contributed by atoms with E-state index < -0.39 is 10.0 Å². The van der Waals surface area contributed by atoms with Gasteiger partial charge in [-0.15, -0.1) is 0 Å². The minimum absolute atomic E-state index is 0.206. The second-order valence-electron chi connectivity index (χ2n) is 6.45. The largest absolute Gasteiger partial charge is 0.473 e. The highest BCUT2D eigenvalue weighted by molar-refractivity contribution is 7.89. The Bertz CT molecular complexity index is 830. The van der Waals surface area contributed by atoms with Gasteiger partial charge in [0.1, 0.15) is 11.9 Å². The van der Waals surface area contributed by atoms with Crippen molar-refractivity contribution in [1.29, 1.82) is 0 Å². The van der Waals surface area contributed by atoms with Gasteiger partial charge in [-0.2, -0.15) is 9.29 Å². The normalized spacial score (nSPS) is 18.9. The van der Waals surface area contributed by atoms with E-state index in [1.54, 1.807) is 18.2 Å². The van der Waals surface area contributed by atoms with Crippen LogP contribution in [0.1, 0.15) is 29.9 Å². The summed E-state index contributed by atoms with van der Waals surface area (Å²) in [5, 5.41) is 0. The van der Waals surface area contributed by atoms with Crippen LogP contribution < -0.4 is 4.74 Å². The van der Waals surface area contributed by atoms with Crippen molar-refractivity contribution in [3.05, 3.63) is 47.4 Å². The standard InChI is InChI=1S/C18H23N3O3S/c1-13-6-8-17(9-7-13)25(22,23)21-10-4-5-16(12-21)24-18-11-14(2)19-15(3)20-18/h6-9,11,16H,4-5,10,12H2,1-3H3. The van der Waals surface area contributed by atoms with Crippen LogP contribution >= 0.6 is 0 Å². The number of benzene rings is 1. The van der Waals surface area contributed by atoms with Gasteiger partial charge in [0.2, 0.25) is 15.9 Å². The summed E-state index contributed by atoms with van der Waals surface area (Å²) in [6.45, 7) is 6.48. The van der Waals surface area contributed by atoms with Gasteiger partial charge in [-0.05, 0) is 45.7 Å². The number of aromatic nitrogens is 2. The summed E-state index contributed by atoms with van der Waals surface area (Å²) in [4.78, 5) is 8.84. The van der Waals surface area contributed by atoms with Gasteiger partial charge < -0.3 is 4.74 Å². The van der Waals surface area contributed by atoms with Crippen LogP contribution in [0, 0.1) is 20.8 Å². The molecule has 1 aliphatic rings. The fourth-order valence-electron chi connectivity index (χ4n) is 2.99. The van der Waals surface area contributed by atoms with Crippen LogP contribution in [-0.4, -0.2) is 41.9 Å². The molecule has 134 valence electrons. The van der Waals surface area contributed by atoms with Crippen molar-refractivity contribution in [3.63, 3.8) is 0 Å². The van der Waals surface area contributed by atoms with Crippen molar-refractivity contribution in [2.45, 2.75) is 44.6 Å². The van der Waals surface area contributed by atoms with Crippen LogP contribution in [0.2, 0.25) is 0 Å². The van der Waals surface area contributed by atoms with E-state index in [0.29, 0.717) is 29.7 Å². The number of piperidine rings is 1. The molecule has 0 saturated carbocycles. The van der Waals surface area contributed by atoms with Gasteiger partial charge >= 0.3 is 0 Å². The minimum atomic E-state index is -3.50. The third kappa shape index (κ3) is 4.16. The number of rotatable bonds is 4. The molecule has 0 amide bonds. The van der Waals surface area contributed by atoms with Gasteiger partial charge in [-0.1, -0.05) is 17.7 Å². The lowest BCUT2D eigenvalue weighted by Crippen LogP contribution is -2.44. The third-order valence-electron chi connectivity index (χ3n) is 4.23. The molecular weight excluding hydrogens is 338 g/mol. The average Bonchev–Trinajstić information content (AvgIpc) is 2.54. The lowest BCUT2D eigenvalue weighted by atomic mass is 10.1. The first-order valence-electron chi connectivity index (χ1n) is 8.40. The zero-order chi connectivity index (χ0) is 18.0. The summed E-state index contributed by atoms with van der Waals surface area (Å²) < 4.78 is 33.1. The smallest absolute Gasteiger partial charge is 0.243 e. The average molecular weight is 361 g/mol. The van der Waals surface area contributed by atoms with E-state index >= 15 is 0 Å². The molecule has 7 heteroatoms.